The first-order valence-corrected chi connectivity index (χ1v) is 10.9. The van der Waals surface area contributed by atoms with Crippen LogP contribution in [-0.2, 0) is 10.0 Å². The van der Waals surface area contributed by atoms with Crippen LogP contribution in [0.5, 0.6) is 0 Å². The Morgan fingerprint density at radius 3 is 2.39 bits per heavy atom. The highest BCUT2D eigenvalue weighted by Gasteiger charge is 2.30. The van der Waals surface area contributed by atoms with Crippen LogP contribution in [0.15, 0.2) is 41.3 Å². The highest BCUT2D eigenvalue weighted by atomic mass is 35.5. The Balaban J connectivity index is 1.88. The van der Waals surface area contributed by atoms with Gasteiger partial charge in [-0.05, 0) is 56.3 Å². The summed E-state index contributed by atoms with van der Waals surface area (Å²) in [5.74, 6) is -0.375. The first kappa shape index (κ1) is 20.8. The molecule has 1 heterocycles. The summed E-state index contributed by atoms with van der Waals surface area (Å²) < 4.78 is 27.5. The molecular formula is C20H24ClN3O3S. The molecule has 0 unspecified atom stereocenters. The Bertz CT molecular complexity index is 1000. The molecule has 6 nitrogen and oxygen atoms in total. The van der Waals surface area contributed by atoms with Crippen molar-refractivity contribution in [1.29, 1.82) is 0 Å². The Morgan fingerprint density at radius 2 is 1.71 bits per heavy atom. The number of piperazine rings is 1. The lowest BCUT2D eigenvalue weighted by atomic mass is 10.1. The molecule has 1 N–H and O–H groups in total. The summed E-state index contributed by atoms with van der Waals surface area (Å²) in [6, 6.07) is 10.1. The number of aryl methyl sites for hydroxylation is 2. The number of hydrogen-bond acceptors (Lipinski definition) is 4. The van der Waals surface area contributed by atoms with Crippen LogP contribution < -0.4 is 5.32 Å². The van der Waals surface area contributed by atoms with Crippen LogP contribution >= 0.6 is 11.6 Å². The van der Waals surface area contributed by atoms with Crippen molar-refractivity contribution >= 4 is 33.2 Å². The van der Waals surface area contributed by atoms with E-state index in [0.29, 0.717) is 31.9 Å². The van der Waals surface area contributed by atoms with Gasteiger partial charge in [-0.3, -0.25) is 4.79 Å². The fraction of sp³-hybridized carbons (Fsp3) is 0.350. The van der Waals surface area contributed by atoms with Crippen molar-refractivity contribution in [2.75, 3.05) is 38.5 Å². The van der Waals surface area contributed by atoms with Gasteiger partial charge in [-0.1, -0.05) is 23.7 Å². The predicted octanol–water partition coefficient (Wildman–Crippen LogP) is 3.15. The lowest BCUT2D eigenvalue weighted by molar-refractivity contribution is 0.102. The molecule has 1 amide bonds. The second kappa shape index (κ2) is 8.21. The lowest BCUT2D eigenvalue weighted by Gasteiger charge is -2.31. The van der Waals surface area contributed by atoms with Crippen molar-refractivity contribution in [2.24, 2.45) is 0 Å². The van der Waals surface area contributed by atoms with Gasteiger partial charge >= 0.3 is 0 Å². The van der Waals surface area contributed by atoms with Gasteiger partial charge in [0.25, 0.3) is 5.91 Å². The summed E-state index contributed by atoms with van der Waals surface area (Å²) in [5.41, 5.74) is 2.90. The topological polar surface area (TPSA) is 69.7 Å². The zero-order valence-electron chi connectivity index (χ0n) is 16.2. The second-order valence-electron chi connectivity index (χ2n) is 7.13. The van der Waals surface area contributed by atoms with E-state index >= 15 is 0 Å². The van der Waals surface area contributed by atoms with Gasteiger partial charge < -0.3 is 10.2 Å². The van der Waals surface area contributed by atoms with E-state index in [1.54, 1.807) is 0 Å². The maximum atomic E-state index is 13.0. The van der Waals surface area contributed by atoms with Crippen molar-refractivity contribution in [3.8, 4) is 0 Å². The standard InChI is InChI=1S/C20H24ClN3O3S/c1-14-4-5-15(2)18(12-14)22-20(25)16-6-7-17(21)19(13-16)28(26,27)24-10-8-23(3)9-11-24/h4-7,12-13H,8-11H2,1-3H3,(H,22,25). The first-order valence-electron chi connectivity index (χ1n) is 9.05. The van der Waals surface area contributed by atoms with E-state index in [1.807, 2.05) is 39.1 Å². The second-order valence-corrected chi connectivity index (χ2v) is 9.44. The zero-order chi connectivity index (χ0) is 20.5. The summed E-state index contributed by atoms with van der Waals surface area (Å²) in [4.78, 5) is 14.8. The Kier molecular flexibility index (Phi) is 6.09. The van der Waals surface area contributed by atoms with Crippen LogP contribution in [0.2, 0.25) is 5.02 Å². The summed E-state index contributed by atoms with van der Waals surface area (Å²) >= 11 is 6.19. The fourth-order valence-electron chi connectivity index (χ4n) is 3.07. The number of nitrogens with one attached hydrogen (secondary N) is 1. The fourth-order valence-corrected chi connectivity index (χ4v) is 5.00. The van der Waals surface area contributed by atoms with Gasteiger partial charge in [0.2, 0.25) is 10.0 Å². The summed E-state index contributed by atoms with van der Waals surface area (Å²) in [6.07, 6.45) is 0. The number of rotatable bonds is 4. The van der Waals surface area contributed by atoms with Crippen molar-refractivity contribution in [3.63, 3.8) is 0 Å². The van der Waals surface area contributed by atoms with Crippen LogP contribution in [0, 0.1) is 13.8 Å². The van der Waals surface area contributed by atoms with E-state index in [9.17, 15) is 13.2 Å². The Hall–Kier alpha value is -1.93. The molecule has 2 aromatic carbocycles. The molecule has 0 aromatic heterocycles. The van der Waals surface area contributed by atoms with E-state index in [4.69, 9.17) is 11.6 Å². The minimum atomic E-state index is -3.77. The average Bonchev–Trinajstić information content (AvgIpc) is 2.65. The smallest absolute Gasteiger partial charge is 0.255 e. The SMILES string of the molecule is Cc1ccc(C)c(NC(=O)c2ccc(Cl)c(S(=O)(=O)N3CCN(C)CC3)c2)c1. The highest BCUT2D eigenvalue weighted by molar-refractivity contribution is 7.89. The van der Waals surface area contributed by atoms with Crippen molar-refractivity contribution in [3.05, 3.63) is 58.1 Å². The van der Waals surface area contributed by atoms with Gasteiger partial charge in [-0.2, -0.15) is 4.31 Å². The number of likely N-dealkylation sites (N-methyl/N-ethyl adjacent to an activating group) is 1. The van der Waals surface area contributed by atoms with E-state index in [1.165, 1.54) is 22.5 Å². The number of amides is 1. The maximum absolute atomic E-state index is 13.0. The average molecular weight is 422 g/mol. The lowest BCUT2D eigenvalue weighted by Crippen LogP contribution is -2.47. The quantitative estimate of drug-likeness (QED) is 0.823. The number of carbonyl (C=O) groups is 1. The van der Waals surface area contributed by atoms with Gasteiger partial charge in [0, 0.05) is 37.4 Å². The Labute approximate surface area is 171 Å². The summed E-state index contributed by atoms with van der Waals surface area (Å²) in [7, 11) is -1.81. The minimum absolute atomic E-state index is 0.0349. The molecule has 150 valence electrons. The third-order valence-corrected chi connectivity index (χ3v) is 7.29. The van der Waals surface area contributed by atoms with Crippen molar-refractivity contribution in [2.45, 2.75) is 18.7 Å². The normalized spacial score (nSPS) is 16.1. The van der Waals surface area contributed by atoms with E-state index in [-0.39, 0.29) is 21.4 Å². The van der Waals surface area contributed by atoms with Gasteiger partial charge in [0.05, 0.1) is 5.02 Å². The van der Waals surface area contributed by atoms with Crippen LogP contribution in [-0.4, -0.2) is 56.8 Å². The van der Waals surface area contributed by atoms with E-state index < -0.39 is 10.0 Å². The summed E-state index contributed by atoms with van der Waals surface area (Å²) in [6.45, 7) is 5.95. The molecule has 1 aliphatic rings. The van der Waals surface area contributed by atoms with Crippen LogP contribution in [0.1, 0.15) is 21.5 Å². The third-order valence-electron chi connectivity index (χ3n) is 4.91. The molecule has 1 saturated heterocycles. The number of halogens is 1. The van der Waals surface area contributed by atoms with Crippen LogP contribution in [0.25, 0.3) is 0 Å². The molecule has 0 aliphatic carbocycles. The maximum Gasteiger partial charge on any atom is 0.255 e. The third kappa shape index (κ3) is 4.38. The minimum Gasteiger partial charge on any atom is -0.322 e. The predicted molar refractivity (Wildman–Crippen MR) is 112 cm³/mol. The number of anilines is 1. The molecule has 8 heteroatoms. The molecule has 0 spiro atoms. The summed E-state index contributed by atoms with van der Waals surface area (Å²) in [5, 5.41) is 2.97. The number of sulfonamides is 1. The molecular weight excluding hydrogens is 398 g/mol. The molecule has 0 atom stereocenters. The van der Waals surface area contributed by atoms with Gasteiger partial charge in [0.15, 0.2) is 0 Å². The molecule has 2 aromatic rings. The molecule has 0 radical (unpaired) electrons. The molecule has 0 saturated carbocycles. The number of nitrogens with zero attached hydrogens (tertiary/aromatic N) is 2. The van der Waals surface area contributed by atoms with Gasteiger partial charge in [-0.15, -0.1) is 0 Å². The van der Waals surface area contributed by atoms with E-state index in [0.717, 1.165) is 11.1 Å². The first-order chi connectivity index (χ1) is 13.2. The van der Waals surface area contributed by atoms with Crippen LogP contribution in [0.4, 0.5) is 5.69 Å². The molecule has 1 aliphatic heterocycles. The zero-order valence-corrected chi connectivity index (χ0v) is 17.8. The number of hydrogen-bond donors (Lipinski definition) is 1. The Morgan fingerprint density at radius 1 is 1.04 bits per heavy atom. The van der Waals surface area contributed by atoms with Crippen molar-refractivity contribution in [1.82, 2.24) is 9.21 Å². The van der Waals surface area contributed by atoms with Gasteiger partial charge in [-0.25, -0.2) is 8.42 Å². The largest absolute Gasteiger partial charge is 0.322 e. The van der Waals surface area contributed by atoms with E-state index in [2.05, 4.69) is 10.2 Å². The number of benzene rings is 2. The molecule has 1 fully saturated rings. The monoisotopic (exact) mass is 421 g/mol. The van der Waals surface area contributed by atoms with Crippen molar-refractivity contribution < 1.29 is 13.2 Å². The molecule has 3 rings (SSSR count). The van der Waals surface area contributed by atoms with Gasteiger partial charge in [0.1, 0.15) is 4.90 Å². The molecule has 0 bridgehead atoms. The number of carbonyl (C=O) groups excluding carboxylic acids is 1. The van der Waals surface area contributed by atoms with Crippen LogP contribution in [0.3, 0.4) is 0 Å². The molecule has 28 heavy (non-hydrogen) atoms. The highest BCUT2D eigenvalue weighted by Crippen LogP contribution is 2.27.